The molecule has 3 heteroatoms. The predicted octanol–water partition coefficient (Wildman–Crippen LogP) is 3.41. The van der Waals surface area contributed by atoms with Gasteiger partial charge in [-0.2, -0.15) is 9.78 Å². The maximum atomic E-state index is 12.1. The summed E-state index contributed by atoms with van der Waals surface area (Å²) in [4.78, 5) is 12.1. The Morgan fingerprint density at radius 2 is 1.85 bits per heavy atom. The van der Waals surface area contributed by atoms with Gasteiger partial charge in [0.25, 0.3) is 5.56 Å². The second-order valence-electron chi connectivity index (χ2n) is 6.30. The van der Waals surface area contributed by atoms with Crippen LogP contribution in [0.2, 0.25) is 0 Å². The fraction of sp³-hybridized carbons (Fsp3) is 0.412. The van der Waals surface area contributed by atoms with Crippen LogP contribution >= 0.6 is 0 Å². The van der Waals surface area contributed by atoms with Crippen LogP contribution in [0.3, 0.4) is 0 Å². The van der Waals surface area contributed by atoms with Crippen molar-refractivity contribution in [3.8, 4) is 5.69 Å². The molecule has 0 unspecified atom stereocenters. The van der Waals surface area contributed by atoms with Gasteiger partial charge in [0.1, 0.15) is 0 Å². The van der Waals surface area contributed by atoms with Gasteiger partial charge in [0.2, 0.25) is 0 Å². The lowest BCUT2D eigenvalue weighted by atomic mass is 9.98. The number of aromatic nitrogens is 2. The molecule has 0 atom stereocenters. The van der Waals surface area contributed by atoms with Crippen molar-refractivity contribution < 1.29 is 0 Å². The molecule has 20 heavy (non-hydrogen) atoms. The lowest BCUT2D eigenvalue weighted by Gasteiger charge is -2.11. The Bertz CT molecular complexity index is 679. The van der Waals surface area contributed by atoms with E-state index in [1.54, 1.807) is 12.3 Å². The van der Waals surface area contributed by atoms with Gasteiger partial charge >= 0.3 is 0 Å². The van der Waals surface area contributed by atoms with Crippen molar-refractivity contribution in [2.45, 2.75) is 44.9 Å². The van der Waals surface area contributed by atoms with Crippen molar-refractivity contribution in [3.63, 3.8) is 0 Å². The second kappa shape index (κ2) is 4.58. The number of nitrogens with zero attached hydrogens (tertiary/aromatic N) is 2. The summed E-state index contributed by atoms with van der Waals surface area (Å²) < 4.78 is 1.46. The van der Waals surface area contributed by atoms with E-state index in [1.165, 1.54) is 23.1 Å². The zero-order valence-electron chi connectivity index (χ0n) is 12.3. The Morgan fingerprint density at radius 1 is 1.20 bits per heavy atom. The molecule has 0 bridgehead atoms. The smallest absolute Gasteiger partial charge is 0.267 e. The summed E-state index contributed by atoms with van der Waals surface area (Å²) in [5, 5.41) is 4.28. The summed E-state index contributed by atoms with van der Waals surface area (Å²) in [5.74, 6) is 0.321. The molecule has 0 spiro atoms. The SMILES string of the molecule is CC(C)c1cnn(-c2ccc(C3(C)CC3)cc2)c(=O)c1. The lowest BCUT2D eigenvalue weighted by molar-refractivity contribution is 0.759. The minimum atomic E-state index is -0.0680. The van der Waals surface area contributed by atoms with Gasteiger partial charge in [-0.15, -0.1) is 0 Å². The first-order valence-corrected chi connectivity index (χ1v) is 7.20. The summed E-state index contributed by atoms with van der Waals surface area (Å²) in [7, 11) is 0. The molecule has 0 aliphatic heterocycles. The molecule has 1 aliphatic rings. The van der Waals surface area contributed by atoms with E-state index in [0.717, 1.165) is 11.3 Å². The second-order valence-corrected chi connectivity index (χ2v) is 6.30. The van der Waals surface area contributed by atoms with E-state index in [2.05, 4.69) is 38.0 Å². The third-order valence-corrected chi connectivity index (χ3v) is 4.30. The first-order chi connectivity index (χ1) is 9.49. The van der Waals surface area contributed by atoms with Gasteiger partial charge in [0.15, 0.2) is 0 Å². The summed E-state index contributed by atoms with van der Waals surface area (Å²) >= 11 is 0. The van der Waals surface area contributed by atoms with E-state index in [0.29, 0.717) is 11.3 Å². The van der Waals surface area contributed by atoms with Crippen LogP contribution in [-0.4, -0.2) is 9.78 Å². The van der Waals surface area contributed by atoms with Crippen molar-refractivity contribution in [3.05, 3.63) is 58.0 Å². The molecule has 0 saturated heterocycles. The maximum Gasteiger partial charge on any atom is 0.271 e. The standard InChI is InChI=1S/C17H20N2O/c1-12(2)13-10-16(20)19(18-11-13)15-6-4-14(5-7-15)17(3)8-9-17/h4-7,10-12H,8-9H2,1-3H3. The van der Waals surface area contributed by atoms with E-state index in [-0.39, 0.29) is 5.56 Å². The van der Waals surface area contributed by atoms with Crippen molar-refractivity contribution in [1.29, 1.82) is 0 Å². The van der Waals surface area contributed by atoms with Crippen LogP contribution in [0.4, 0.5) is 0 Å². The molecular weight excluding hydrogens is 248 g/mol. The average Bonchev–Trinajstić information content (AvgIpc) is 3.18. The first kappa shape index (κ1) is 13.1. The van der Waals surface area contributed by atoms with Gasteiger partial charge in [-0.25, -0.2) is 0 Å². The van der Waals surface area contributed by atoms with Crippen LogP contribution in [0.15, 0.2) is 41.3 Å². The van der Waals surface area contributed by atoms with E-state index >= 15 is 0 Å². The monoisotopic (exact) mass is 268 g/mol. The van der Waals surface area contributed by atoms with Crippen molar-refractivity contribution in [1.82, 2.24) is 9.78 Å². The van der Waals surface area contributed by atoms with Crippen LogP contribution in [0, 0.1) is 0 Å². The van der Waals surface area contributed by atoms with Crippen LogP contribution in [0.25, 0.3) is 5.69 Å². The van der Waals surface area contributed by atoms with Crippen molar-refractivity contribution in [2.75, 3.05) is 0 Å². The Labute approximate surface area is 119 Å². The quantitative estimate of drug-likeness (QED) is 0.855. The lowest BCUT2D eigenvalue weighted by Crippen LogP contribution is -2.21. The first-order valence-electron chi connectivity index (χ1n) is 7.20. The van der Waals surface area contributed by atoms with E-state index in [1.807, 2.05) is 12.1 Å². The number of benzene rings is 1. The highest BCUT2D eigenvalue weighted by Gasteiger charge is 2.38. The Hall–Kier alpha value is -1.90. The Morgan fingerprint density at radius 3 is 2.35 bits per heavy atom. The highest BCUT2D eigenvalue weighted by molar-refractivity contribution is 5.39. The van der Waals surface area contributed by atoms with Gasteiger partial charge in [0.05, 0.1) is 11.9 Å². The van der Waals surface area contributed by atoms with Crippen LogP contribution in [-0.2, 0) is 5.41 Å². The molecule has 1 fully saturated rings. The third-order valence-electron chi connectivity index (χ3n) is 4.30. The van der Waals surface area contributed by atoms with Crippen molar-refractivity contribution in [2.24, 2.45) is 0 Å². The highest BCUT2D eigenvalue weighted by atomic mass is 16.1. The van der Waals surface area contributed by atoms with E-state index in [9.17, 15) is 4.79 Å². The third kappa shape index (κ3) is 2.28. The average molecular weight is 268 g/mol. The molecule has 3 nitrogen and oxygen atoms in total. The van der Waals surface area contributed by atoms with E-state index in [4.69, 9.17) is 0 Å². The summed E-state index contributed by atoms with van der Waals surface area (Å²) in [5.41, 5.74) is 3.46. The summed E-state index contributed by atoms with van der Waals surface area (Å²) in [6.45, 7) is 6.40. The molecule has 1 heterocycles. The molecular formula is C17H20N2O. The molecule has 3 rings (SSSR count). The zero-order chi connectivity index (χ0) is 14.3. The molecule has 2 aromatic rings. The fourth-order valence-electron chi connectivity index (χ4n) is 2.41. The minimum absolute atomic E-state index is 0.0680. The van der Waals surface area contributed by atoms with Gasteiger partial charge < -0.3 is 0 Å². The molecule has 0 N–H and O–H groups in total. The largest absolute Gasteiger partial charge is 0.271 e. The molecule has 0 amide bonds. The Kier molecular flexibility index (Phi) is 3.00. The van der Waals surface area contributed by atoms with Crippen LogP contribution < -0.4 is 5.56 Å². The summed E-state index contributed by atoms with van der Waals surface area (Å²) in [6, 6.07) is 9.89. The molecule has 1 aliphatic carbocycles. The molecule has 1 saturated carbocycles. The maximum absolute atomic E-state index is 12.1. The summed E-state index contributed by atoms with van der Waals surface area (Å²) in [6.07, 6.45) is 4.30. The fourth-order valence-corrected chi connectivity index (χ4v) is 2.41. The van der Waals surface area contributed by atoms with Gasteiger partial charge in [0, 0.05) is 6.07 Å². The van der Waals surface area contributed by atoms with Crippen LogP contribution in [0.1, 0.15) is 50.7 Å². The molecule has 1 aromatic heterocycles. The van der Waals surface area contributed by atoms with Gasteiger partial charge in [-0.05, 0) is 47.4 Å². The Balaban J connectivity index is 1.95. The number of rotatable bonds is 3. The topological polar surface area (TPSA) is 34.9 Å². The molecule has 1 aromatic carbocycles. The predicted molar refractivity (Wildman–Crippen MR) is 80.5 cm³/mol. The molecule has 0 radical (unpaired) electrons. The molecule has 104 valence electrons. The van der Waals surface area contributed by atoms with Crippen LogP contribution in [0.5, 0.6) is 0 Å². The number of hydrogen-bond donors (Lipinski definition) is 0. The minimum Gasteiger partial charge on any atom is -0.267 e. The zero-order valence-corrected chi connectivity index (χ0v) is 12.3. The van der Waals surface area contributed by atoms with Gasteiger partial charge in [-0.3, -0.25) is 4.79 Å². The van der Waals surface area contributed by atoms with Crippen molar-refractivity contribution >= 4 is 0 Å². The van der Waals surface area contributed by atoms with Gasteiger partial charge in [-0.1, -0.05) is 32.9 Å². The normalized spacial score (nSPS) is 16.4. The highest BCUT2D eigenvalue weighted by Crippen LogP contribution is 2.47. The van der Waals surface area contributed by atoms with E-state index < -0.39 is 0 Å². The number of hydrogen-bond acceptors (Lipinski definition) is 2.